The molecule has 82 valence electrons. The second-order valence-electron chi connectivity index (χ2n) is 6.19. The third kappa shape index (κ3) is 1.17. The van der Waals surface area contributed by atoms with Gasteiger partial charge in [-0.15, -0.1) is 0 Å². The smallest absolute Gasteiger partial charge is 0.0929 e. The van der Waals surface area contributed by atoms with Crippen molar-refractivity contribution in [3.63, 3.8) is 0 Å². The highest BCUT2D eigenvalue weighted by Crippen LogP contribution is 2.70. The maximum Gasteiger partial charge on any atom is 0.0929 e. The van der Waals surface area contributed by atoms with Gasteiger partial charge in [0.25, 0.3) is 0 Å². The largest absolute Gasteiger partial charge is 0.376 e. The second kappa shape index (κ2) is 2.73. The van der Waals surface area contributed by atoms with Gasteiger partial charge in [-0.2, -0.15) is 0 Å². The van der Waals surface area contributed by atoms with E-state index < -0.39 is 0 Å². The van der Waals surface area contributed by atoms with Gasteiger partial charge in [-0.05, 0) is 23.2 Å². The molecule has 0 spiro atoms. The summed E-state index contributed by atoms with van der Waals surface area (Å²) in [5.41, 5.74) is 1.14. The minimum Gasteiger partial charge on any atom is -0.376 e. The molecule has 0 atom stereocenters. The summed E-state index contributed by atoms with van der Waals surface area (Å²) in [5.74, 6) is 0.817. The lowest BCUT2D eigenvalue weighted by atomic mass is 9.87. The van der Waals surface area contributed by atoms with E-state index in [9.17, 15) is 0 Å². The van der Waals surface area contributed by atoms with Crippen molar-refractivity contribution >= 4 is 0 Å². The van der Waals surface area contributed by atoms with E-state index in [1.807, 2.05) is 7.11 Å². The van der Waals surface area contributed by atoms with Gasteiger partial charge in [0.15, 0.2) is 0 Å². The molecular formula is C12H23NO. The molecule has 1 saturated heterocycles. The fourth-order valence-corrected chi connectivity index (χ4v) is 2.99. The van der Waals surface area contributed by atoms with Crippen LogP contribution in [0.3, 0.4) is 0 Å². The molecule has 1 aliphatic carbocycles. The van der Waals surface area contributed by atoms with Gasteiger partial charge in [-0.25, -0.2) is 0 Å². The van der Waals surface area contributed by atoms with E-state index in [0.29, 0.717) is 10.8 Å². The highest BCUT2D eigenvalue weighted by molar-refractivity contribution is 5.15. The molecule has 0 radical (unpaired) electrons. The lowest BCUT2D eigenvalue weighted by Crippen LogP contribution is -2.61. The standard InChI is InChI=1S/C12H23NO/c1-10(2)9(11(10,3)4)6-12(14-5)7-13-8-12/h9,13H,6-8H2,1-5H3. The lowest BCUT2D eigenvalue weighted by molar-refractivity contribution is -0.0640. The number of nitrogens with one attached hydrogen (secondary N) is 1. The molecule has 14 heavy (non-hydrogen) atoms. The van der Waals surface area contributed by atoms with Crippen molar-refractivity contribution in [2.45, 2.75) is 39.7 Å². The molecule has 2 heteroatoms. The number of ether oxygens (including phenoxy) is 1. The van der Waals surface area contributed by atoms with Crippen molar-refractivity contribution in [2.75, 3.05) is 20.2 Å². The van der Waals surface area contributed by atoms with Crippen LogP contribution in [0, 0.1) is 16.7 Å². The Hall–Kier alpha value is -0.0800. The minimum absolute atomic E-state index is 0.149. The van der Waals surface area contributed by atoms with Crippen LogP contribution in [0.1, 0.15) is 34.1 Å². The van der Waals surface area contributed by atoms with Crippen LogP contribution >= 0.6 is 0 Å². The van der Waals surface area contributed by atoms with E-state index in [2.05, 4.69) is 33.0 Å². The summed E-state index contributed by atoms with van der Waals surface area (Å²) in [6.45, 7) is 11.6. The van der Waals surface area contributed by atoms with E-state index in [4.69, 9.17) is 4.74 Å². The number of hydrogen-bond donors (Lipinski definition) is 1. The summed E-state index contributed by atoms with van der Waals surface area (Å²) in [7, 11) is 1.85. The van der Waals surface area contributed by atoms with E-state index in [0.717, 1.165) is 19.0 Å². The molecule has 1 N–H and O–H groups in total. The molecule has 0 amide bonds. The summed E-state index contributed by atoms with van der Waals surface area (Å²) in [6.07, 6.45) is 1.22. The molecule has 0 aromatic heterocycles. The first-order chi connectivity index (χ1) is 6.36. The van der Waals surface area contributed by atoms with Gasteiger partial charge in [-0.1, -0.05) is 27.7 Å². The van der Waals surface area contributed by atoms with Crippen LogP contribution in [0.15, 0.2) is 0 Å². The maximum atomic E-state index is 5.65. The molecule has 2 fully saturated rings. The molecule has 2 aliphatic rings. The van der Waals surface area contributed by atoms with Gasteiger partial charge < -0.3 is 10.1 Å². The molecule has 2 nitrogen and oxygen atoms in total. The van der Waals surface area contributed by atoms with Crippen molar-refractivity contribution in [2.24, 2.45) is 16.7 Å². The maximum absolute atomic E-state index is 5.65. The molecule has 1 aliphatic heterocycles. The Bertz CT molecular complexity index is 221. The Morgan fingerprint density at radius 2 is 1.64 bits per heavy atom. The van der Waals surface area contributed by atoms with E-state index in [-0.39, 0.29) is 5.60 Å². The van der Waals surface area contributed by atoms with E-state index in [1.165, 1.54) is 6.42 Å². The third-order valence-corrected chi connectivity index (χ3v) is 5.22. The number of rotatable bonds is 3. The predicted molar refractivity (Wildman–Crippen MR) is 58.3 cm³/mol. The monoisotopic (exact) mass is 197 g/mol. The van der Waals surface area contributed by atoms with Crippen molar-refractivity contribution in [3.8, 4) is 0 Å². The normalized spacial score (nSPS) is 32.4. The summed E-state index contributed by atoms with van der Waals surface area (Å²) >= 11 is 0. The first kappa shape index (κ1) is 10.4. The zero-order valence-electron chi connectivity index (χ0n) is 10.1. The molecule has 0 unspecified atom stereocenters. The summed E-state index contributed by atoms with van der Waals surface area (Å²) in [4.78, 5) is 0. The van der Waals surface area contributed by atoms with Gasteiger partial charge in [0.2, 0.25) is 0 Å². The molecule has 1 saturated carbocycles. The van der Waals surface area contributed by atoms with Crippen LogP contribution in [0.2, 0.25) is 0 Å². The molecule has 1 heterocycles. The van der Waals surface area contributed by atoms with E-state index in [1.54, 1.807) is 0 Å². The average molecular weight is 197 g/mol. The van der Waals surface area contributed by atoms with Crippen LogP contribution in [-0.4, -0.2) is 25.8 Å². The third-order valence-electron chi connectivity index (χ3n) is 5.22. The first-order valence-electron chi connectivity index (χ1n) is 5.62. The van der Waals surface area contributed by atoms with E-state index >= 15 is 0 Å². The van der Waals surface area contributed by atoms with Crippen molar-refractivity contribution in [1.29, 1.82) is 0 Å². The SMILES string of the molecule is COC1(CC2C(C)(C)C2(C)C)CNC1. The summed E-state index contributed by atoms with van der Waals surface area (Å²) in [5, 5.41) is 3.32. The van der Waals surface area contributed by atoms with Crippen LogP contribution in [0.25, 0.3) is 0 Å². The van der Waals surface area contributed by atoms with Gasteiger partial charge in [-0.3, -0.25) is 0 Å². The number of methoxy groups -OCH3 is 1. The molecular weight excluding hydrogens is 174 g/mol. The van der Waals surface area contributed by atoms with Gasteiger partial charge in [0, 0.05) is 20.2 Å². The second-order valence-corrected chi connectivity index (χ2v) is 6.19. The number of hydrogen-bond acceptors (Lipinski definition) is 2. The molecule has 0 aromatic rings. The van der Waals surface area contributed by atoms with Gasteiger partial charge in [0.1, 0.15) is 0 Å². The Morgan fingerprint density at radius 1 is 1.14 bits per heavy atom. The Kier molecular flexibility index (Phi) is 2.04. The van der Waals surface area contributed by atoms with Crippen LogP contribution in [0.4, 0.5) is 0 Å². The minimum atomic E-state index is 0.149. The average Bonchev–Trinajstić information content (AvgIpc) is 2.38. The predicted octanol–water partition coefficient (Wildman–Crippen LogP) is 2.05. The highest BCUT2D eigenvalue weighted by Gasteiger charge is 2.66. The molecule has 0 aromatic carbocycles. The topological polar surface area (TPSA) is 21.3 Å². The highest BCUT2D eigenvalue weighted by atomic mass is 16.5. The van der Waals surface area contributed by atoms with Crippen molar-refractivity contribution in [1.82, 2.24) is 5.32 Å². The quantitative estimate of drug-likeness (QED) is 0.747. The van der Waals surface area contributed by atoms with Crippen LogP contribution in [-0.2, 0) is 4.74 Å². The van der Waals surface area contributed by atoms with Crippen LogP contribution < -0.4 is 5.32 Å². The summed E-state index contributed by atoms with van der Waals surface area (Å²) < 4.78 is 5.65. The first-order valence-corrected chi connectivity index (χ1v) is 5.62. The zero-order chi connectivity index (χ0) is 10.6. The van der Waals surface area contributed by atoms with Crippen molar-refractivity contribution in [3.05, 3.63) is 0 Å². The Morgan fingerprint density at radius 3 is 1.86 bits per heavy atom. The van der Waals surface area contributed by atoms with Gasteiger partial charge >= 0.3 is 0 Å². The van der Waals surface area contributed by atoms with Crippen LogP contribution in [0.5, 0.6) is 0 Å². The molecule has 0 bridgehead atoms. The molecule has 2 rings (SSSR count). The fraction of sp³-hybridized carbons (Fsp3) is 1.00. The zero-order valence-corrected chi connectivity index (χ0v) is 10.1. The Balaban J connectivity index is 2.00. The van der Waals surface area contributed by atoms with Crippen molar-refractivity contribution < 1.29 is 4.74 Å². The lowest BCUT2D eigenvalue weighted by Gasteiger charge is -2.42. The summed E-state index contributed by atoms with van der Waals surface area (Å²) in [6, 6.07) is 0. The van der Waals surface area contributed by atoms with Gasteiger partial charge in [0.05, 0.1) is 5.60 Å². The fourth-order valence-electron chi connectivity index (χ4n) is 2.99. The Labute approximate surface area is 87.4 Å².